The predicted molar refractivity (Wildman–Crippen MR) is 98.0 cm³/mol. The van der Waals surface area contributed by atoms with E-state index < -0.39 is 0 Å². The normalized spacial score (nSPS) is 11.2. The number of aromatic nitrogens is 3. The number of aryl methyl sites for hydroxylation is 2. The van der Waals surface area contributed by atoms with Gasteiger partial charge in [-0.05, 0) is 30.2 Å². The first-order chi connectivity index (χ1) is 11.4. The zero-order chi connectivity index (χ0) is 17.4. The molecule has 24 heavy (non-hydrogen) atoms. The lowest BCUT2D eigenvalue weighted by Gasteiger charge is -2.12. The molecule has 3 aromatic rings. The summed E-state index contributed by atoms with van der Waals surface area (Å²) in [6.07, 6.45) is 1.70. The highest BCUT2D eigenvalue weighted by Gasteiger charge is 2.16. The van der Waals surface area contributed by atoms with Gasteiger partial charge in [0.1, 0.15) is 5.65 Å². The molecule has 2 heterocycles. The molecule has 0 saturated carbocycles. The van der Waals surface area contributed by atoms with Crippen LogP contribution in [0.15, 0.2) is 44.9 Å². The summed E-state index contributed by atoms with van der Waals surface area (Å²) in [5, 5.41) is 1.16. The third-order valence-corrected chi connectivity index (χ3v) is 5.40. The number of hydrogen-bond donors (Lipinski definition) is 0. The number of fused-ring (bicyclic) bond motifs is 1. The molecule has 0 amide bonds. The maximum absolute atomic E-state index is 12.6. The number of hydrogen-bond acceptors (Lipinski definition) is 4. The average Bonchev–Trinajstić information content (AvgIpc) is 2.56. The number of rotatable bonds is 3. The van der Waals surface area contributed by atoms with Crippen molar-refractivity contribution < 1.29 is 0 Å². The molecule has 0 aliphatic rings. The van der Waals surface area contributed by atoms with Gasteiger partial charge < -0.3 is 0 Å². The van der Waals surface area contributed by atoms with Crippen LogP contribution >= 0.6 is 23.4 Å². The summed E-state index contributed by atoms with van der Waals surface area (Å²) in [4.78, 5) is 29.8. The van der Waals surface area contributed by atoms with Crippen molar-refractivity contribution in [3.05, 3.63) is 67.4 Å². The molecular formula is C17H16ClN3O2S. The maximum atomic E-state index is 12.6. The minimum absolute atomic E-state index is 0.321. The molecule has 124 valence electrons. The van der Waals surface area contributed by atoms with Gasteiger partial charge in [-0.25, -0.2) is 9.78 Å². The molecule has 0 spiro atoms. The third kappa shape index (κ3) is 2.87. The molecule has 0 radical (unpaired) electrons. The van der Waals surface area contributed by atoms with Gasteiger partial charge in [-0.1, -0.05) is 23.7 Å². The van der Waals surface area contributed by atoms with Crippen LogP contribution in [0, 0.1) is 6.92 Å². The smallest absolute Gasteiger partial charge is 0.280 e. The van der Waals surface area contributed by atoms with Crippen molar-refractivity contribution in [2.75, 3.05) is 0 Å². The second kappa shape index (κ2) is 6.45. The van der Waals surface area contributed by atoms with Gasteiger partial charge in [0.2, 0.25) is 0 Å². The van der Waals surface area contributed by atoms with E-state index in [-0.39, 0.29) is 11.2 Å². The van der Waals surface area contributed by atoms with Gasteiger partial charge >= 0.3 is 5.69 Å². The van der Waals surface area contributed by atoms with E-state index in [1.165, 1.54) is 11.6 Å². The van der Waals surface area contributed by atoms with Crippen LogP contribution in [-0.2, 0) is 19.8 Å². The van der Waals surface area contributed by atoms with Gasteiger partial charge in [-0.2, -0.15) is 0 Å². The van der Waals surface area contributed by atoms with Crippen molar-refractivity contribution in [1.29, 1.82) is 0 Å². The van der Waals surface area contributed by atoms with Crippen molar-refractivity contribution in [2.24, 2.45) is 14.1 Å². The topological polar surface area (TPSA) is 56.9 Å². The fourth-order valence-electron chi connectivity index (χ4n) is 2.57. The van der Waals surface area contributed by atoms with Crippen molar-refractivity contribution in [2.45, 2.75) is 17.6 Å². The highest BCUT2D eigenvalue weighted by atomic mass is 35.5. The summed E-state index contributed by atoms with van der Waals surface area (Å²) in [7, 11) is 3.11. The molecule has 1 aromatic carbocycles. The number of nitrogens with zero attached hydrogens (tertiary/aromatic N) is 3. The molecule has 0 unspecified atom stereocenters. The number of thioether (sulfide) groups is 1. The number of halogens is 1. The molecule has 0 saturated heterocycles. The van der Waals surface area contributed by atoms with E-state index >= 15 is 0 Å². The first-order valence-electron chi connectivity index (χ1n) is 7.32. The Morgan fingerprint density at radius 1 is 1.21 bits per heavy atom. The largest absolute Gasteiger partial charge is 0.332 e. The van der Waals surface area contributed by atoms with Crippen LogP contribution in [0.4, 0.5) is 0 Å². The molecule has 0 N–H and O–H groups in total. The van der Waals surface area contributed by atoms with Gasteiger partial charge in [0.05, 0.1) is 5.39 Å². The van der Waals surface area contributed by atoms with E-state index in [0.29, 0.717) is 21.8 Å². The van der Waals surface area contributed by atoms with Crippen LogP contribution in [0.3, 0.4) is 0 Å². The Bertz CT molecular complexity index is 1060. The molecular weight excluding hydrogens is 346 g/mol. The third-order valence-electron chi connectivity index (χ3n) is 3.87. The quantitative estimate of drug-likeness (QED) is 0.673. The number of pyridine rings is 1. The molecule has 7 heteroatoms. The highest BCUT2D eigenvalue weighted by Crippen LogP contribution is 2.30. The van der Waals surface area contributed by atoms with Crippen LogP contribution in [0.5, 0.6) is 0 Å². The van der Waals surface area contributed by atoms with Gasteiger partial charge in [0.15, 0.2) is 0 Å². The van der Waals surface area contributed by atoms with Crippen molar-refractivity contribution in [3.8, 4) is 0 Å². The monoisotopic (exact) mass is 361 g/mol. The molecule has 3 rings (SSSR count). The Labute approximate surface area is 147 Å². The minimum atomic E-state index is -0.380. The summed E-state index contributed by atoms with van der Waals surface area (Å²) < 4.78 is 2.52. The second-order valence-electron chi connectivity index (χ2n) is 5.59. The predicted octanol–water partition coefficient (Wildman–Crippen LogP) is 2.89. The van der Waals surface area contributed by atoms with Gasteiger partial charge in [0, 0.05) is 36.0 Å². The van der Waals surface area contributed by atoms with E-state index in [9.17, 15) is 9.59 Å². The van der Waals surface area contributed by atoms with E-state index in [0.717, 1.165) is 20.6 Å². The first-order valence-corrected chi connectivity index (χ1v) is 8.69. The molecule has 0 aliphatic carbocycles. The van der Waals surface area contributed by atoms with Crippen LogP contribution in [0.25, 0.3) is 11.0 Å². The van der Waals surface area contributed by atoms with Crippen molar-refractivity contribution >= 4 is 34.4 Å². The highest BCUT2D eigenvalue weighted by molar-refractivity contribution is 7.98. The van der Waals surface area contributed by atoms with Crippen LogP contribution < -0.4 is 11.2 Å². The Hall–Kier alpha value is -2.05. The SMILES string of the molecule is Cc1cnc2c(c1SCc1cccc(Cl)c1)c(=O)n(C)c(=O)n2C. The van der Waals surface area contributed by atoms with Crippen LogP contribution in [0.1, 0.15) is 11.1 Å². The molecule has 0 fully saturated rings. The molecule has 0 aliphatic heterocycles. The summed E-state index contributed by atoms with van der Waals surface area (Å²) in [6, 6.07) is 7.62. The lowest BCUT2D eigenvalue weighted by atomic mass is 10.2. The van der Waals surface area contributed by atoms with E-state index in [1.54, 1.807) is 25.0 Å². The summed E-state index contributed by atoms with van der Waals surface area (Å²) in [6.45, 7) is 1.91. The fourth-order valence-corrected chi connectivity index (χ4v) is 3.87. The lowest BCUT2D eigenvalue weighted by Crippen LogP contribution is -2.37. The Kier molecular flexibility index (Phi) is 4.51. The van der Waals surface area contributed by atoms with Crippen LogP contribution in [0.2, 0.25) is 5.02 Å². The lowest BCUT2D eigenvalue weighted by molar-refractivity contribution is 0.705. The zero-order valence-electron chi connectivity index (χ0n) is 13.5. The first kappa shape index (κ1) is 16.8. The minimum Gasteiger partial charge on any atom is -0.280 e. The Balaban J connectivity index is 2.15. The molecule has 0 bridgehead atoms. The van der Waals surface area contributed by atoms with Gasteiger partial charge in [-0.15, -0.1) is 11.8 Å². The van der Waals surface area contributed by atoms with Gasteiger partial charge in [-0.3, -0.25) is 13.9 Å². The Morgan fingerprint density at radius 3 is 2.67 bits per heavy atom. The Morgan fingerprint density at radius 2 is 1.96 bits per heavy atom. The van der Waals surface area contributed by atoms with Crippen molar-refractivity contribution in [3.63, 3.8) is 0 Å². The average molecular weight is 362 g/mol. The zero-order valence-corrected chi connectivity index (χ0v) is 15.1. The van der Waals surface area contributed by atoms with E-state index in [4.69, 9.17) is 11.6 Å². The summed E-state index contributed by atoms with van der Waals surface area (Å²) in [5.41, 5.74) is 1.68. The van der Waals surface area contributed by atoms with Crippen LogP contribution in [-0.4, -0.2) is 14.1 Å². The summed E-state index contributed by atoms with van der Waals surface area (Å²) in [5.74, 6) is 0.673. The van der Waals surface area contributed by atoms with Gasteiger partial charge in [0.25, 0.3) is 5.56 Å². The molecule has 0 atom stereocenters. The standard InChI is InChI=1S/C17H16ClN3O2S/c1-10-8-19-15-13(16(22)21(3)17(23)20(15)2)14(10)24-9-11-5-4-6-12(18)7-11/h4-8H,9H2,1-3H3. The van der Waals surface area contributed by atoms with E-state index in [2.05, 4.69) is 4.98 Å². The molecule has 5 nitrogen and oxygen atoms in total. The van der Waals surface area contributed by atoms with Crippen molar-refractivity contribution in [1.82, 2.24) is 14.1 Å². The number of benzene rings is 1. The van der Waals surface area contributed by atoms with E-state index in [1.807, 2.05) is 31.2 Å². The fraction of sp³-hybridized carbons (Fsp3) is 0.235. The maximum Gasteiger partial charge on any atom is 0.332 e. The summed E-state index contributed by atoms with van der Waals surface area (Å²) >= 11 is 7.57. The molecule has 2 aromatic heterocycles. The second-order valence-corrected chi connectivity index (χ2v) is 7.02.